The molecule has 138 valence electrons. The predicted octanol–water partition coefficient (Wildman–Crippen LogP) is 4.88. The molecule has 1 aliphatic heterocycles. The third-order valence-electron chi connectivity index (χ3n) is 4.80. The lowest BCUT2D eigenvalue weighted by Gasteiger charge is -2.32. The first-order valence-electron chi connectivity index (χ1n) is 8.70. The Morgan fingerprint density at radius 1 is 0.962 bits per heavy atom. The fourth-order valence-electron chi connectivity index (χ4n) is 3.27. The number of methoxy groups -OCH3 is 3. The first-order valence-corrected chi connectivity index (χ1v) is 8.70. The lowest BCUT2D eigenvalue weighted by molar-refractivity contribution is 0.0847. The van der Waals surface area contributed by atoms with Crippen LogP contribution in [0.4, 0.5) is 0 Å². The van der Waals surface area contributed by atoms with Crippen molar-refractivity contribution >= 4 is 5.57 Å². The smallest absolute Gasteiger partial charge is 0.203 e. The second-order valence-corrected chi connectivity index (χ2v) is 7.08. The summed E-state index contributed by atoms with van der Waals surface area (Å²) < 4.78 is 22.4. The lowest BCUT2D eigenvalue weighted by Crippen LogP contribution is -2.32. The van der Waals surface area contributed by atoms with E-state index in [1.807, 2.05) is 24.3 Å². The van der Waals surface area contributed by atoms with E-state index in [0.29, 0.717) is 17.2 Å². The summed E-state index contributed by atoms with van der Waals surface area (Å²) in [5.74, 6) is 2.77. The zero-order chi connectivity index (χ0) is 18.9. The van der Waals surface area contributed by atoms with Crippen molar-refractivity contribution < 1.29 is 18.9 Å². The largest absolute Gasteiger partial charge is 0.493 e. The van der Waals surface area contributed by atoms with Gasteiger partial charge in [0.15, 0.2) is 11.5 Å². The number of ether oxygens (including phenoxy) is 4. The van der Waals surface area contributed by atoms with Crippen LogP contribution in [0.5, 0.6) is 23.0 Å². The van der Waals surface area contributed by atoms with E-state index in [9.17, 15) is 0 Å². The third-order valence-corrected chi connectivity index (χ3v) is 4.80. The van der Waals surface area contributed by atoms with Gasteiger partial charge in [0.05, 0.1) is 21.3 Å². The number of hydrogen-bond acceptors (Lipinski definition) is 4. The monoisotopic (exact) mass is 354 g/mol. The Morgan fingerprint density at radius 3 is 2.19 bits per heavy atom. The van der Waals surface area contributed by atoms with Crippen LogP contribution in [0.3, 0.4) is 0 Å². The number of hydrogen-bond donors (Lipinski definition) is 0. The van der Waals surface area contributed by atoms with E-state index in [1.54, 1.807) is 21.3 Å². The van der Waals surface area contributed by atoms with Crippen molar-refractivity contribution in [3.05, 3.63) is 53.6 Å². The second kappa shape index (κ2) is 6.94. The van der Waals surface area contributed by atoms with Gasteiger partial charge >= 0.3 is 0 Å². The molecule has 0 unspecified atom stereocenters. The van der Waals surface area contributed by atoms with Crippen molar-refractivity contribution in [1.82, 2.24) is 0 Å². The standard InChI is InChI=1S/C22H26O4/c1-14(17-12-19(23-4)21(25-6)20(13-17)24-5)15-7-8-18-16(11-15)9-10-22(2,3)26-18/h7-8,11-13H,1,9-10H2,2-6H3. The van der Waals surface area contributed by atoms with Crippen molar-refractivity contribution in [2.24, 2.45) is 0 Å². The van der Waals surface area contributed by atoms with Crippen LogP contribution in [-0.2, 0) is 6.42 Å². The van der Waals surface area contributed by atoms with Crippen LogP contribution in [0.25, 0.3) is 5.57 Å². The summed E-state index contributed by atoms with van der Waals surface area (Å²) >= 11 is 0. The van der Waals surface area contributed by atoms with E-state index in [1.165, 1.54) is 5.56 Å². The Labute approximate surface area is 155 Å². The van der Waals surface area contributed by atoms with Gasteiger partial charge in [0, 0.05) is 0 Å². The molecule has 0 atom stereocenters. The molecule has 4 nitrogen and oxygen atoms in total. The summed E-state index contributed by atoms with van der Waals surface area (Å²) in [7, 11) is 4.82. The lowest BCUT2D eigenvalue weighted by atomic mass is 9.91. The van der Waals surface area contributed by atoms with Crippen LogP contribution in [0.15, 0.2) is 36.9 Å². The van der Waals surface area contributed by atoms with Gasteiger partial charge in [-0.2, -0.15) is 0 Å². The van der Waals surface area contributed by atoms with Gasteiger partial charge < -0.3 is 18.9 Å². The van der Waals surface area contributed by atoms with E-state index in [2.05, 4.69) is 26.5 Å². The van der Waals surface area contributed by atoms with Crippen LogP contribution in [0.2, 0.25) is 0 Å². The van der Waals surface area contributed by atoms with Gasteiger partial charge in [-0.15, -0.1) is 0 Å². The van der Waals surface area contributed by atoms with Gasteiger partial charge in [-0.05, 0) is 73.2 Å². The molecule has 3 rings (SSSR count). The molecule has 26 heavy (non-hydrogen) atoms. The fourth-order valence-corrected chi connectivity index (χ4v) is 3.27. The molecule has 0 aliphatic carbocycles. The molecule has 0 spiro atoms. The zero-order valence-corrected chi connectivity index (χ0v) is 16.1. The molecule has 0 fully saturated rings. The molecule has 0 radical (unpaired) electrons. The zero-order valence-electron chi connectivity index (χ0n) is 16.1. The van der Waals surface area contributed by atoms with Gasteiger partial charge in [0.25, 0.3) is 0 Å². The van der Waals surface area contributed by atoms with Gasteiger partial charge in [-0.25, -0.2) is 0 Å². The van der Waals surface area contributed by atoms with Crippen molar-refractivity contribution in [3.8, 4) is 23.0 Å². The van der Waals surface area contributed by atoms with Gasteiger partial charge in [-0.1, -0.05) is 12.6 Å². The Hall–Kier alpha value is -2.62. The molecule has 0 amide bonds. The quantitative estimate of drug-likeness (QED) is 0.767. The molecule has 0 saturated carbocycles. The maximum absolute atomic E-state index is 6.08. The average molecular weight is 354 g/mol. The van der Waals surface area contributed by atoms with Crippen LogP contribution in [-0.4, -0.2) is 26.9 Å². The fraction of sp³-hybridized carbons (Fsp3) is 0.364. The molecular weight excluding hydrogens is 328 g/mol. The molecule has 4 heteroatoms. The Kier molecular flexibility index (Phi) is 4.86. The van der Waals surface area contributed by atoms with Crippen molar-refractivity contribution in [2.75, 3.05) is 21.3 Å². The maximum Gasteiger partial charge on any atom is 0.203 e. The van der Waals surface area contributed by atoms with Gasteiger partial charge in [0.2, 0.25) is 5.75 Å². The molecule has 0 bridgehead atoms. The van der Waals surface area contributed by atoms with Crippen molar-refractivity contribution in [2.45, 2.75) is 32.3 Å². The predicted molar refractivity (Wildman–Crippen MR) is 104 cm³/mol. The minimum absolute atomic E-state index is 0.109. The molecule has 2 aromatic carbocycles. The van der Waals surface area contributed by atoms with E-state index < -0.39 is 0 Å². The van der Waals surface area contributed by atoms with E-state index >= 15 is 0 Å². The van der Waals surface area contributed by atoms with Crippen molar-refractivity contribution in [1.29, 1.82) is 0 Å². The normalized spacial score (nSPS) is 14.8. The first-order chi connectivity index (χ1) is 12.4. The van der Waals surface area contributed by atoms with Gasteiger partial charge in [-0.3, -0.25) is 0 Å². The molecule has 0 saturated heterocycles. The van der Waals surface area contributed by atoms with Crippen LogP contribution in [0.1, 0.15) is 37.0 Å². The molecule has 1 aliphatic rings. The number of aryl methyl sites for hydroxylation is 1. The molecule has 0 aromatic heterocycles. The molecular formula is C22H26O4. The topological polar surface area (TPSA) is 36.9 Å². The van der Waals surface area contributed by atoms with Crippen LogP contribution < -0.4 is 18.9 Å². The number of rotatable bonds is 5. The van der Waals surface area contributed by atoms with E-state index in [0.717, 1.165) is 35.3 Å². The Balaban J connectivity index is 1.98. The molecule has 1 heterocycles. The maximum atomic E-state index is 6.08. The number of benzene rings is 2. The summed E-state index contributed by atoms with van der Waals surface area (Å²) in [6, 6.07) is 10.1. The van der Waals surface area contributed by atoms with E-state index in [4.69, 9.17) is 18.9 Å². The Morgan fingerprint density at radius 2 is 1.62 bits per heavy atom. The Bertz CT molecular complexity index is 811. The van der Waals surface area contributed by atoms with E-state index in [-0.39, 0.29) is 5.60 Å². The summed E-state index contributed by atoms with van der Waals surface area (Å²) in [4.78, 5) is 0. The van der Waals surface area contributed by atoms with Crippen LogP contribution >= 0.6 is 0 Å². The highest BCUT2D eigenvalue weighted by atomic mass is 16.5. The highest BCUT2D eigenvalue weighted by Crippen LogP contribution is 2.41. The van der Waals surface area contributed by atoms with Crippen molar-refractivity contribution in [3.63, 3.8) is 0 Å². The number of fused-ring (bicyclic) bond motifs is 1. The third kappa shape index (κ3) is 3.36. The highest BCUT2D eigenvalue weighted by molar-refractivity contribution is 5.81. The van der Waals surface area contributed by atoms with Crippen LogP contribution in [0, 0.1) is 0 Å². The second-order valence-electron chi connectivity index (χ2n) is 7.08. The first kappa shape index (κ1) is 18.2. The summed E-state index contributed by atoms with van der Waals surface area (Å²) in [5, 5.41) is 0. The highest BCUT2D eigenvalue weighted by Gasteiger charge is 2.26. The summed E-state index contributed by atoms with van der Waals surface area (Å²) in [5.41, 5.74) is 3.99. The summed E-state index contributed by atoms with van der Waals surface area (Å²) in [6.07, 6.45) is 2.00. The molecule has 2 aromatic rings. The minimum atomic E-state index is -0.109. The SMILES string of the molecule is C=C(c1ccc2c(c1)CCC(C)(C)O2)c1cc(OC)c(OC)c(OC)c1. The summed E-state index contributed by atoms with van der Waals surface area (Å²) in [6.45, 7) is 8.53. The molecule has 0 N–H and O–H groups in total. The average Bonchev–Trinajstić information content (AvgIpc) is 2.65. The van der Waals surface area contributed by atoms with Gasteiger partial charge in [0.1, 0.15) is 11.4 Å². The minimum Gasteiger partial charge on any atom is -0.493 e.